The highest BCUT2D eigenvalue weighted by Gasteiger charge is 2.37. The molecular weight excluding hydrogens is 186 g/mol. The molecule has 3 heteroatoms. The Morgan fingerprint density at radius 3 is 3.00 bits per heavy atom. The summed E-state index contributed by atoms with van der Waals surface area (Å²) in [6, 6.07) is 6.37. The van der Waals surface area contributed by atoms with Crippen LogP contribution in [-0.2, 0) is 6.42 Å². The van der Waals surface area contributed by atoms with Gasteiger partial charge in [-0.2, -0.15) is 0 Å². The third kappa shape index (κ3) is 1.63. The first-order valence-corrected chi connectivity index (χ1v) is 5.39. The minimum Gasteiger partial charge on any atom is -0.342 e. The van der Waals surface area contributed by atoms with Crippen molar-refractivity contribution in [1.29, 1.82) is 0 Å². The van der Waals surface area contributed by atoms with E-state index >= 15 is 0 Å². The zero-order valence-corrected chi connectivity index (χ0v) is 8.88. The lowest BCUT2D eigenvalue weighted by molar-refractivity contribution is 0.672. The van der Waals surface area contributed by atoms with Crippen LogP contribution >= 0.6 is 0 Å². The second-order valence-electron chi connectivity index (χ2n) is 4.71. The summed E-state index contributed by atoms with van der Waals surface area (Å²) >= 11 is 0. The van der Waals surface area contributed by atoms with Crippen molar-refractivity contribution < 1.29 is 0 Å². The van der Waals surface area contributed by atoms with Gasteiger partial charge in [-0.1, -0.05) is 6.07 Å². The van der Waals surface area contributed by atoms with E-state index in [0.717, 1.165) is 36.1 Å². The van der Waals surface area contributed by atoms with Crippen LogP contribution < -0.4 is 5.73 Å². The van der Waals surface area contributed by atoms with Crippen LogP contribution in [0.4, 0.5) is 0 Å². The van der Waals surface area contributed by atoms with Gasteiger partial charge in [0.1, 0.15) is 5.82 Å². The van der Waals surface area contributed by atoms with Gasteiger partial charge in [0.05, 0.1) is 11.0 Å². The summed E-state index contributed by atoms with van der Waals surface area (Å²) in [6.45, 7) is 1.98. The molecule has 2 aromatic rings. The SMILES string of the molecule is Cc1nc2ccc(CC3(N)CC3)cc2[nH]1. The lowest BCUT2D eigenvalue weighted by atomic mass is 10.0. The van der Waals surface area contributed by atoms with Gasteiger partial charge in [0.25, 0.3) is 0 Å². The Morgan fingerprint density at radius 2 is 2.27 bits per heavy atom. The van der Waals surface area contributed by atoms with Gasteiger partial charge in [-0.15, -0.1) is 0 Å². The standard InChI is InChI=1S/C12H15N3/c1-8-14-10-3-2-9(6-11(10)15-8)7-12(13)4-5-12/h2-3,6H,4-5,7,13H2,1H3,(H,14,15). The second-order valence-corrected chi connectivity index (χ2v) is 4.71. The number of aromatic nitrogens is 2. The smallest absolute Gasteiger partial charge is 0.104 e. The van der Waals surface area contributed by atoms with Crippen molar-refractivity contribution in [3.05, 3.63) is 29.6 Å². The summed E-state index contributed by atoms with van der Waals surface area (Å²) in [5, 5.41) is 0. The Bertz CT molecular complexity index is 509. The maximum absolute atomic E-state index is 6.10. The number of aryl methyl sites for hydroxylation is 1. The fraction of sp³-hybridized carbons (Fsp3) is 0.417. The predicted octanol–water partition coefficient (Wildman–Crippen LogP) is 1.91. The van der Waals surface area contributed by atoms with Crippen molar-refractivity contribution in [3.63, 3.8) is 0 Å². The molecule has 1 heterocycles. The number of rotatable bonds is 2. The molecule has 0 aliphatic heterocycles. The number of benzene rings is 1. The molecule has 1 fully saturated rings. The molecule has 0 unspecified atom stereocenters. The summed E-state index contributed by atoms with van der Waals surface area (Å²) in [6.07, 6.45) is 3.31. The zero-order valence-electron chi connectivity index (χ0n) is 8.88. The van der Waals surface area contributed by atoms with Crippen LogP contribution in [0.2, 0.25) is 0 Å². The molecule has 1 aliphatic carbocycles. The fourth-order valence-corrected chi connectivity index (χ4v) is 2.04. The van der Waals surface area contributed by atoms with E-state index in [1.165, 1.54) is 5.56 Å². The summed E-state index contributed by atoms with van der Waals surface area (Å²) in [7, 11) is 0. The normalized spacial score (nSPS) is 18.3. The summed E-state index contributed by atoms with van der Waals surface area (Å²) in [4.78, 5) is 7.63. The highest BCUT2D eigenvalue weighted by molar-refractivity contribution is 5.75. The molecule has 0 saturated heterocycles. The highest BCUT2D eigenvalue weighted by Crippen LogP contribution is 2.35. The monoisotopic (exact) mass is 201 g/mol. The predicted molar refractivity (Wildman–Crippen MR) is 60.7 cm³/mol. The van der Waals surface area contributed by atoms with Gasteiger partial charge in [0.15, 0.2) is 0 Å². The second kappa shape index (κ2) is 2.83. The van der Waals surface area contributed by atoms with Gasteiger partial charge in [0, 0.05) is 5.54 Å². The first-order chi connectivity index (χ1) is 7.15. The fourth-order valence-electron chi connectivity index (χ4n) is 2.04. The molecule has 1 saturated carbocycles. The number of aromatic amines is 1. The number of hydrogen-bond donors (Lipinski definition) is 2. The molecule has 1 aromatic carbocycles. The molecule has 3 nitrogen and oxygen atoms in total. The van der Waals surface area contributed by atoms with Crippen molar-refractivity contribution in [2.24, 2.45) is 5.73 Å². The van der Waals surface area contributed by atoms with Crippen LogP contribution in [0, 0.1) is 6.92 Å². The molecule has 0 atom stereocenters. The first-order valence-electron chi connectivity index (χ1n) is 5.39. The molecule has 78 valence electrons. The van der Waals surface area contributed by atoms with E-state index in [4.69, 9.17) is 5.73 Å². The minimum atomic E-state index is 0.0861. The third-order valence-electron chi connectivity index (χ3n) is 3.11. The number of hydrogen-bond acceptors (Lipinski definition) is 2. The van der Waals surface area contributed by atoms with Crippen LogP contribution in [0.15, 0.2) is 18.2 Å². The van der Waals surface area contributed by atoms with E-state index in [1.54, 1.807) is 0 Å². The van der Waals surface area contributed by atoms with Crippen molar-refractivity contribution >= 4 is 11.0 Å². The van der Waals surface area contributed by atoms with Crippen LogP contribution in [0.5, 0.6) is 0 Å². The number of fused-ring (bicyclic) bond motifs is 1. The van der Waals surface area contributed by atoms with E-state index in [0.29, 0.717) is 0 Å². The quantitative estimate of drug-likeness (QED) is 0.779. The van der Waals surface area contributed by atoms with E-state index in [1.807, 2.05) is 6.92 Å². The molecule has 0 amide bonds. The molecule has 3 rings (SSSR count). The Morgan fingerprint density at radius 1 is 1.47 bits per heavy atom. The van der Waals surface area contributed by atoms with Gasteiger partial charge < -0.3 is 10.7 Å². The van der Waals surface area contributed by atoms with Gasteiger partial charge >= 0.3 is 0 Å². The van der Waals surface area contributed by atoms with E-state index in [2.05, 4.69) is 28.2 Å². The molecule has 1 aliphatic rings. The molecule has 0 bridgehead atoms. The topological polar surface area (TPSA) is 54.7 Å². The van der Waals surface area contributed by atoms with Crippen LogP contribution in [0.25, 0.3) is 11.0 Å². The van der Waals surface area contributed by atoms with Crippen molar-refractivity contribution in [3.8, 4) is 0 Å². The van der Waals surface area contributed by atoms with Crippen molar-refractivity contribution in [2.75, 3.05) is 0 Å². The van der Waals surface area contributed by atoms with Gasteiger partial charge in [0.2, 0.25) is 0 Å². The average molecular weight is 201 g/mol. The zero-order chi connectivity index (χ0) is 10.5. The van der Waals surface area contributed by atoms with Gasteiger partial charge in [-0.25, -0.2) is 4.98 Å². The highest BCUT2D eigenvalue weighted by atomic mass is 14.9. The van der Waals surface area contributed by atoms with Crippen molar-refractivity contribution in [1.82, 2.24) is 9.97 Å². The maximum Gasteiger partial charge on any atom is 0.104 e. The minimum absolute atomic E-state index is 0.0861. The number of nitrogens with two attached hydrogens (primary N) is 1. The Balaban J connectivity index is 1.98. The van der Waals surface area contributed by atoms with Crippen LogP contribution in [-0.4, -0.2) is 15.5 Å². The van der Waals surface area contributed by atoms with E-state index in [-0.39, 0.29) is 5.54 Å². The molecule has 15 heavy (non-hydrogen) atoms. The number of imidazole rings is 1. The molecule has 0 spiro atoms. The number of nitrogens with one attached hydrogen (secondary N) is 1. The number of nitrogens with zero attached hydrogens (tertiary/aromatic N) is 1. The first kappa shape index (κ1) is 8.92. The Labute approximate surface area is 88.7 Å². The van der Waals surface area contributed by atoms with Crippen LogP contribution in [0.3, 0.4) is 0 Å². The summed E-state index contributed by atoms with van der Waals surface area (Å²) in [5.41, 5.74) is 9.66. The Hall–Kier alpha value is -1.35. The molecular formula is C12H15N3. The number of H-pyrrole nitrogens is 1. The van der Waals surface area contributed by atoms with Crippen LogP contribution in [0.1, 0.15) is 24.2 Å². The third-order valence-corrected chi connectivity index (χ3v) is 3.11. The largest absolute Gasteiger partial charge is 0.342 e. The van der Waals surface area contributed by atoms with Crippen molar-refractivity contribution in [2.45, 2.75) is 31.7 Å². The van der Waals surface area contributed by atoms with Gasteiger partial charge in [-0.3, -0.25) is 0 Å². The summed E-state index contributed by atoms with van der Waals surface area (Å²) in [5.74, 6) is 0.969. The molecule has 0 radical (unpaired) electrons. The van der Waals surface area contributed by atoms with E-state index in [9.17, 15) is 0 Å². The molecule has 1 aromatic heterocycles. The average Bonchev–Trinajstić information content (AvgIpc) is 2.76. The van der Waals surface area contributed by atoms with Gasteiger partial charge in [-0.05, 0) is 43.9 Å². The van der Waals surface area contributed by atoms with E-state index < -0.39 is 0 Å². The lowest BCUT2D eigenvalue weighted by Gasteiger charge is -2.07. The molecule has 3 N–H and O–H groups in total. The Kier molecular flexibility index (Phi) is 1.68. The summed E-state index contributed by atoms with van der Waals surface area (Å²) < 4.78 is 0. The maximum atomic E-state index is 6.10. The lowest BCUT2D eigenvalue weighted by Crippen LogP contribution is -2.24.